The molecule has 0 aromatic heterocycles. The molecule has 1 N–H and O–H groups in total. The van der Waals surface area contributed by atoms with E-state index < -0.39 is 6.10 Å². The Labute approximate surface area is 96.6 Å². The minimum absolute atomic E-state index is 0.105. The van der Waals surface area contributed by atoms with Gasteiger partial charge in [0.05, 0.1) is 12.7 Å². The Balaban J connectivity index is 2.10. The van der Waals surface area contributed by atoms with E-state index in [2.05, 4.69) is 13.8 Å². The van der Waals surface area contributed by atoms with Gasteiger partial charge in [-0.2, -0.15) is 0 Å². The van der Waals surface area contributed by atoms with E-state index in [1.54, 1.807) is 0 Å². The van der Waals surface area contributed by atoms with Gasteiger partial charge in [0.1, 0.15) is 6.10 Å². The standard InChI is InChI=1S/C14H18O2/c1-10-8-13(16-9-11(10)2)14(15)12-6-4-3-5-7-12/h3-7,13-15H,8-9H2,1-2H3/t13-,14-/m1/s1. The van der Waals surface area contributed by atoms with Gasteiger partial charge in [-0.15, -0.1) is 0 Å². The van der Waals surface area contributed by atoms with Crippen LogP contribution in [0.4, 0.5) is 0 Å². The van der Waals surface area contributed by atoms with Gasteiger partial charge < -0.3 is 9.84 Å². The first-order valence-electron chi connectivity index (χ1n) is 5.68. The zero-order valence-electron chi connectivity index (χ0n) is 9.81. The lowest BCUT2D eigenvalue weighted by Crippen LogP contribution is -2.27. The maximum Gasteiger partial charge on any atom is 0.105 e. The molecule has 0 saturated heterocycles. The topological polar surface area (TPSA) is 29.5 Å². The molecule has 2 rings (SSSR count). The lowest BCUT2D eigenvalue weighted by molar-refractivity contribution is -0.0368. The number of ether oxygens (including phenoxy) is 1. The van der Waals surface area contributed by atoms with Gasteiger partial charge in [-0.1, -0.05) is 35.9 Å². The third-order valence-corrected chi connectivity index (χ3v) is 3.24. The van der Waals surface area contributed by atoms with Crippen LogP contribution in [-0.2, 0) is 4.74 Å². The van der Waals surface area contributed by atoms with Crippen molar-refractivity contribution in [1.82, 2.24) is 0 Å². The number of hydrogen-bond donors (Lipinski definition) is 1. The second kappa shape index (κ2) is 4.81. The van der Waals surface area contributed by atoms with Gasteiger partial charge in [-0.05, 0) is 31.4 Å². The smallest absolute Gasteiger partial charge is 0.105 e. The summed E-state index contributed by atoms with van der Waals surface area (Å²) in [6, 6.07) is 9.71. The first kappa shape index (κ1) is 11.4. The fourth-order valence-corrected chi connectivity index (χ4v) is 1.96. The lowest BCUT2D eigenvalue weighted by Gasteiger charge is -2.29. The summed E-state index contributed by atoms with van der Waals surface area (Å²) in [7, 11) is 0. The van der Waals surface area contributed by atoms with Crippen molar-refractivity contribution in [2.75, 3.05) is 6.61 Å². The molecule has 0 radical (unpaired) electrons. The summed E-state index contributed by atoms with van der Waals surface area (Å²) >= 11 is 0. The maximum absolute atomic E-state index is 10.2. The summed E-state index contributed by atoms with van der Waals surface area (Å²) in [4.78, 5) is 0. The summed E-state index contributed by atoms with van der Waals surface area (Å²) in [6.07, 6.45) is 0.192. The van der Waals surface area contributed by atoms with Crippen molar-refractivity contribution in [2.45, 2.75) is 32.5 Å². The number of benzene rings is 1. The van der Waals surface area contributed by atoms with E-state index in [1.165, 1.54) is 11.1 Å². The van der Waals surface area contributed by atoms with Gasteiger partial charge in [-0.3, -0.25) is 0 Å². The number of hydrogen-bond acceptors (Lipinski definition) is 2. The molecule has 0 amide bonds. The molecule has 2 atom stereocenters. The second-order valence-electron chi connectivity index (χ2n) is 4.47. The quantitative estimate of drug-likeness (QED) is 0.773. The Morgan fingerprint density at radius 3 is 2.50 bits per heavy atom. The Morgan fingerprint density at radius 2 is 1.88 bits per heavy atom. The molecule has 1 aliphatic heterocycles. The molecule has 2 heteroatoms. The van der Waals surface area contributed by atoms with Crippen LogP contribution < -0.4 is 0 Å². The normalized spacial score (nSPS) is 23.3. The van der Waals surface area contributed by atoms with Gasteiger partial charge in [0.2, 0.25) is 0 Å². The van der Waals surface area contributed by atoms with E-state index in [0.717, 1.165) is 12.0 Å². The molecule has 1 aromatic carbocycles. The zero-order chi connectivity index (χ0) is 11.5. The molecule has 0 spiro atoms. The average Bonchev–Trinajstić information content (AvgIpc) is 2.33. The highest BCUT2D eigenvalue weighted by Crippen LogP contribution is 2.28. The van der Waals surface area contributed by atoms with E-state index in [1.807, 2.05) is 30.3 Å². The number of aliphatic hydroxyl groups excluding tert-OH is 1. The van der Waals surface area contributed by atoms with Gasteiger partial charge in [0.25, 0.3) is 0 Å². The van der Waals surface area contributed by atoms with Crippen LogP contribution in [0.5, 0.6) is 0 Å². The minimum Gasteiger partial charge on any atom is -0.386 e. The van der Waals surface area contributed by atoms with Gasteiger partial charge in [-0.25, -0.2) is 0 Å². The van der Waals surface area contributed by atoms with Crippen LogP contribution in [-0.4, -0.2) is 17.8 Å². The molecule has 2 nitrogen and oxygen atoms in total. The summed E-state index contributed by atoms with van der Waals surface area (Å²) in [5, 5.41) is 10.2. The zero-order valence-corrected chi connectivity index (χ0v) is 9.81. The fourth-order valence-electron chi connectivity index (χ4n) is 1.96. The third-order valence-electron chi connectivity index (χ3n) is 3.24. The fraction of sp³-hybridized carbons (Fsp3) is 0.429. The predicted molar refractivity (Wildman–Crippen MR) is 64.1 cm³/mol. The minimum atomic E-state index is -0.524. The van der Waals surface area contributed by atoms with Crippen molar-refractivity contribution in [1.29, 1.82) is 0 Å². The molecular formula is C14H18O2. The second-order valence-corrected chi connectivity index (χ2v) is 4.47. The Bertz CT molecular complexity index is 381. The molecule has 16 heavy (non-hydrogen) atoms. The van der Waals surface area contributed by atoms with Crippen molar-refractivity contribution < 1.29 is 9.84 Å². The summed E-state index contributed by atoms with van der Waals surface area (Å²) in [5.74, 6) is 0. The van der Waals surface area contributed by atoms with E-state index in [-0.39, 0.29) is 6.10 Å². The van der Waals surface area contributed by atoms with Crippen molar-refractivity contribution >= 4 is 0 Å². The molecule has 0 saturated carbocycles. The van der Waals surface area contributed by atoms with Crippen molar-refractivity contribution in [3.63, 3.8) is 0 Å². The van der Waals surface area contributed by atoms with Crippen molar-refractivity contribution in [2.24, 2.45) is 0 Å². The van der Waals surface area contributed by atoms with Gasteiger partial charge in [0, 0.05) is 0 Å². The van der Waals surface area contributed by atoms with Crippen LogP contribution in [0.25, 0.3) is 0 Å². The first-order valence-corrected chi connectivity index (χ1v) is 5.68. The highest BCUT2D eigenvalue weighted by Gasteiger charge is 2.25. The predicted octanol–water partition coefficient (Wildman–Crippen LogP) is 2.85. The Hall–Kier alpha value is -1.12. The SMILES string of the molecule is CC1=C(C)C[C@H]([C@H](O)c2ccccc2)OC1. The molecule has 1 heterocycles. The number of aliphatic hydroxyl groups is 1. The van der Waals surface area contributed by atoms with Gasteiger partial charge >= 0.3 is 0 Å². The highest BCUT2D eigenvalue weighted by molar-refractivity contribution is 5.21. The highest BCUT2D eigenvalue weighted by atomic mass is 16.5. The number of rotatable bonds is 2. The molecule has 0 bridgehead atoms. The van der Waals surface area contributed by atoms with E-state index in [9.17, 15) is 5.11 Å². The first-order chi connectivity index (χ1) is 7.68. The summed E-state index contributed by atoms with van der Waals surface area (Å²) in [6.45, 7) is 4.84. The molecule has 86 valence electrons. The van der Waals surface area contributed by atoms with Crippen LogP contribution in [0, 0.1) is 0 Å². The maximum atomic E-state index is 10.2. The van der Waals surface area contributed by atoms with Crippen LogP contribution in [0.2, 0.25) is 0 Å². The van der Waals surface area contributed by atoms with Crippen molar-refractivity contribution in [3.8, 4) is 0 Å². The molecule has 1 aliphatic rings. The molecule has 0 fully saturated rings. The summed E-state index contributed by atoms with van der Waals surface area (Å²) in [5.41, 5.74) is 3.56. The lowest BCUT2D eigenvalue weighted by atomic mass is 9.95. The van der Waals surface area contributed by atoms with E-state index >= 15 is 0 Å². The van der Waals surface area contributed by atoms with E-state index in [0.29, 0.717) is 6.61 Å². The Morgan fingerprint density at radius 1 is 1.19 bits per heavy atom. The van der Waals surface area contributed by atoms with Crippen molar-refractivity contribution in [3.05, 3.63) is 47.0 Å². The van der Waals surface area contributed by atoms with Crippen LogP contribution >= 0.6 is 0 Å². The molecular weight excluding hydrogens is 200 g/mol. The van der Waals surface area contributed by atoms with Crippen LogP contribution in [0.15, 0.2) is 41.5 Å². The largest absolute Gasteiger partial charge is 0.386 e. The Kier molecular flexibility index (Phi) is 3.42. The van der Waals surface area contributed by atoms with Crippen LogP contribution in [0.1, 0.15) is 31.9 Å². The van der Waals surface area contributed by atoms with Gasteiger partial charge in [0.15, 0.2) is 0 Å². The monoisotopic (exact) mass is 218 g/mol. The summed E-state index contributed by atoms with van der Waals surface area (Å²) < 4.78 is 5.67. The van der Waals surface area contributed by atoms with E-state index in [4.69, 9.17) is 4.74 Å². The average molecular weight is 218 g/mol. The molecule has 1 aromatic rings. The molecule has 0 aliphatic carbocycles. The molecule has 0 unspecified atom stereocenters. The third kappa shape index (κ3) is 2.34. The van der Waals surface area contributed by atoms with Crippen LogP contribution in [0.3, 0.4) is 0 Å².